The van der Waals surface area contributed by atoms with Crippen LogP contribution < -0.4 is 5.32 Å². The largest absolute Gasteiger partial charge is 0.379 e. The smallest absolute Gasteiger partial charge is 0.239 e. The Morgan fingerprint density at radius 3 is 2.54 bits per heavy atom. The number of carbonyl (C=O) groups excluding carboxylic acids is 1. The molecule has 0 spiro atoms. The quantitative estimate of drug-likeness (QED) is 0.883. The molecule has 0 aliphatic carbocycles. The van der Waals surface area contributed by atoms with Gasteiger partial charge in [-0.2, -0.15) is 5.10 Å². The lowest BCUT2D eigenvalue weighted by atomic mass is 10.0. The molecule has 1 atom stereocenters. The first-order chi connectivity index (χ1) is 11.6. The van der Waals surface area contributed by atoms with Gasteiger partial charge >= 0.3 is 0 Å². The Kier molecular flexibility index (Phi) is 5.63. The summed E-state index contributed by atoms with van der Waals surface area (Å²) in [6, 6.07) is 4.21. The summed E-state index contributed by atoms with van der Waals surface area (Å²) in [6.45, 7) is 8.67. The van der Waals surface area contributed by atoms with Crippen molar-refractivity contribution in [1.82, 2.24) is 20.0 Å². The minimum absolute atomic E-state index is 0.0543. The standard InChI is InChI=1S/C17H27N5O2/c1-13-3-4-16(20-19-13)18-15-5-7-22(8-6-15)17(23)14(2)21-9-11-24-12-10-21/h3-4,14-15H,5-12H2,1-2H3,(H,18,20). The molecule has 2 saturated heterocycles. The van der Waals surface area contributed by atoms with Crippen LogP contribution in [-0.2, 0) is 9.53 Å². The Bertz CT molecular complexity index is 536. The van der Waals surface area contributed by atoms with Gasteiger partial charge in [-0.15, -0.1) is 5.10 Å². The molecule has 1 amide bonds. The molecule has 0 bridgehead atoms. The second kappa shape index (κ2) is 7.90. The number of aromatic nitrogens is 2. The van der Waals surface area contributed by atoms with Crippen LogP contribution in [0.1, 0.15) is 25.5 Å². The van der Waals surface area contributed by atoms with Crippen molar-refractivity contribution < 1.29 is 9.53 Å². The van der Waals surface area contributed by atoms with Crippen molar-refractivity contribution in [2.45, 2.75) is 38.8 Å². The van der Waals surface area contributed by atoms with E-state index in [4.69, 9.17) is 4.74 Å². The van der Waals surface area contributed by atoms with Crippen LogP contribution in [0.25, 0.3) is 0 Å². The minimum Gasteiger partial charge on any atom is -0.379 e. The number of aryl methyl sites for hydroxylation is 1. The third-order valence-corrected chi connectivity index (χ3v) is 4.91. The van der Waals surface area contributed by atoms with Crippen LogP contribution in [0.5, 0.6) is 0 Å². The molecule has 24 heavy (non-hydrogen) atoms. The zero-order valence-corrected chi connectivity index (χ0v) is 14.6. The Labute approximate surface area is 143 Å². The molecule has 1 aromatic rings. The number of hydrogen-bond acceptors (Lipinski definition) is 6. The Morgan fingerprint density at radius 1 is 1.21 bits per heavy atom. The van der Waals surface area contributed by atoms with Gasteiger partial charge < -0.3 is 15.0 Å². The van der Waals surface area contributed by atoms with Crippen molar-refractivity contribution in [2.24, 2.45) is 0 Å². The monoisotopic (exact) mass is 333 g/mol. The van der Waals surface area contributed by atoms with Crippen LogP contribution in [0.2, 0.25) is 0 Å². The molecule has 1 N–H and O–H groups in total. The van der Waals surface area contributed by atoms with Crippen molar-refractivity contribution in [1.29, 1.82) is 0 Å². The lowest BCUT2D eigenvalue weighted by Gasteiger charge is -2.38. The van der Waals surface area contributed by atoms with E-state index >= 15 is 0 Å². The van der Waals surface area contributed by atoms with E-state index in [1.54, 1.807) is 0 Å². The maximum Gasteiger partial charge on any atom is 0.239 e. The minimum atomic E-state index is -0.0543. The molecule has 0 saturated carbocycles. The fourth-order valence-corrected chi connectivity index (χ4v) is 3.31. The molecular weight excluding hydrogens is 306 g/mol. The van der Waals surface area contributed by atoms with E-state index in [9.17, 15) is 4.79 Å². The fraction of sp³-hybridized carbons (Fsp3) is 0.706. The summed E-state index contributed by atoms with van der Waals surface area (Å²) in [7, 11) is 0. The second-order valence-corrected chi connectivity index (χ2v) is 6.63. The molecular formula is C17H27N5O2. The SMILES string of the molecule is Cc1ccc(NC2CCN(C(=O)C(C)N3CCOCC3)CC2)nn1. The molecule has 0 aromatic carbocycles. The van der Waals surface area contributed by atoms with Crippen molar-refractivity contribution in [3.8, 4) is 0 Å². The normalized spacial score (nSPS) is 21.5. The van der Waals surface area contributed by atoms with Crippen LogP contribution >= 0.6 is 0 Å². The number of nitrogens with one attached hydrogen (secondary N) is 1. The summed E-state index contributed by atoms with van der Waals surface area (Å²) in [5.41, 5.74) is 0.915. The second-order valence-electron chi connectivity index (χ2n) is 6.63. The van der Waals surface area contributed by atoms with Gasteiger partial charge in [-0.25, -0.2) is 0 Å². The van der Waals surface area contributed by atoms with Gasteiger partial charge in [0.15, 0.2) is 0 Å². The number of piperidine rings is 1. The molecule has 1 aromatic heterocycles. The molecule has 3 heterocycles. The third-order valence-electron chi connectivity index (χ3n) is 4.91. The number of amides is 1. The van der Waals surface area contributed by atoms with Crippen LogP contribution in [0.3, 0.4) is 0 Å². The van der Waals surface area contributed by atoms with E-state index in [1.807, 2.05) is 30.9 Å². The summed E-state index contributed by atoms with van der Waals surface area (Å²) in [5.74, 6) is 1.05. The van der Waals surface area contributed by atoms with E-state index < -0.39 is 0 Å². The lowest BCUT2D eigenvalue weighted by molar-refractivity contribution is -0.139. The van der Waals surface area contributed by atoms with Crippen LogP contribution in [0, 0.1) is 6.92 Å². The number of hydrogen-bond donors (Lipinski definition) is 1. The number of nitrogens with zero attached hydrogens (tertiary/aromatic N) is 4. The van der Waals surface area contributed by atoms with E-state index in [1.165, 1.54) is 0 Å². The predicted octanol–water partition coefficient (Wildman–Crippen LogP) is 0.909. The van der Waals surface area contributed by atoms with Gasteiger partial charge in [0, 0.05) is 32.2 Å². The molecule has 132 valence electrons. The van der Waals surface area contributed by atoms with Crippen molar-refractivity contribution in [3.05, 3.63) is 17.8 Å². The highest BCUT2D eigenvalue weighted by molar-refractivity contribution is 5.81. The van der Waals surface area contributed by atoms with Gasteiger partial charge in [0.2, 0.25) is 5.91 Å². The zero-order valence-electron chi connectivity index (χ0n) is 14.6. The van der Waals surface area contributed by atoms with Gasteiger partial charge in [-0.1, -0.05) is 0 Å². The van der Waals surface area contributed by atoms with Crippen molar-refractivity contribution in [2.75, 3.05) is 44.7 Å². The Hall–Kier alpha value is -1.73. The first kappa shape index (κ1) is 17.1. The van der Waals surface area contributed by atoms with Gasteiger partial charge in [0.05, 0.1) is 24.9 Å². The number of ether oxygens (including phenoxy) is 1. The van der Waals surface area contributed by atoms with E-state index in [2.05, 4.69) is 20.4 Å². The van der Waals surface area contributed by atoms with E-state index in [0.29, 0.717) is 6.04 Å². The molecule has 2 aliphatic rings. The maximum atomic E-state index is 12.7. The average molecular weight is 333 g/mol. The lowest BCUT2D eigenvalue weighted by Crippen LogP contribution is -2.53. The molecule has 7 heteroatoms. The summed E-state index contributed by atoms with van der Waals surface area (Å²) in [6.07, 6.45) is 1.88. The summed E-state index contributed by atoms with van der Waals surface area (Å²) in [5, 5.41) is 11.6. The number of rotatable bonds is 4. The zero-order chi connectivity index (χ0) is 16.9. The van der Waals surface area contributed by atoms with Crippen molar-refractivity contribution in [3.63, 3.8) is 0 Å². The summed E-state index contributed by atoms with van der Waals surface area (Å²) >= 11 is 0. The number of anilines is 1. The number of morpholine rings is 1. The maximum absolute atomic E-state index is 12.7. The molecule has 7 nitrogen and oxygen atoms in total. The van der Waals surface area contributed by atoms with E-state index in [0.717, 1.165) is 63.7 Å². The Morgan fingerprint density at radius 2 is 1.92 bits per heavy atom. The molecule has 0 radical (unpaired) electrons. The molecule has 2 fully saturated rings. The van der Waals surface area contributed by atoms with Gasteiger partial charge in [0.1, 0.15) is 5.82 Å². The van der Waals surface area contributed by atoms with E-state index in [-0.39, 0.29) is 11.9 Å². The average Bonchev–Trinajstić information content (AvgIpc) is 2.64. The van der Waals surface area contributed by atoms with Gasteiger partial charge in [-0.3, -0.25) is 9.69 Å². The number of carbonyl (C=O) groups is 1. The Balaban J connectivity index is 1.47. The number of likely N-dealkylation sites (tertiary alicyclic amines) is 1. The summed E-state index contributed by atoms with van der Waals surface area (Å²) in [4.78, 5) is 16.9. The highest BCUT2D eigenvalue weighted by Crippen LogP contribution is 2.17. The first-order valence-electron chi connectivity index (χ1n) is 8.81. The predicted molar refractivity (Wildman–Crippen MR) is 91.8 cm³/mol. The van der Waals surface area contributed by atoms with Crippen LogP contribution in [0.4, 0.5) is 5.82 Å². The molecule has 1 unspecified atom stereocenters. The van der Waals surface area contributed by atoms with Crippen molar-refractivity contribution >= 4 is 11.7 Å². The fourth-order valence-electron chi connectivity index (χ4n) is 3.31. The molecule has 3 rings (SSSR count). The van der Waals surface area contributed by atoms with Gasteiger partial charge in [-0.05, 0) is 38.8 Å². The van der Waals surface area contributed by atoms with Crippen LogP contribution in [-0.4, -0.2) is 77.4 Å². The topological polar surface area (TPSA) is 70.6 Å². The first-order valence-corrected chi connectivity index (χ1v) is 8.81. The molecule has 2 aliphatic heterocycles. The van der Waals surface area contributed by atoms with Crippen LogP contribution in [0.15, 0.2) is 12.1 Å². The summed E-state index contributed by atoms with van der Waals surface area (Å²) < 4.78 is 5.37. The van der Waals surface area contributed by atoms with Gasteiger partial charge in [0.25, 0.3) is 0 Å². The third kappa shape index (κ3) is 4.21. The highest BCUT2D eigenvalue weighted by Gasteiger charge is 2.30. The highest BCUT2D eigenvalue weighted by atomic mass is 16.5.